The highest BCUT2D eigenvalue weighted by Crippen LogP contribution is 2.29. The summed E-state index contributed by atoms with van der Waals surface area (Å²) in [6.07, 6.45) is 0.569. The van der Waals surface area contributed by atoms with Crippen molar-refractivity contribution in [2.75, 3.05) is 7.11 Å². The molecule has 0 radical (unpaired) electrons. The van der Waals surface area contributed by atoms with E-state index >= 15 is 0 Å². The molecule has 2 aromatic carbocycles. The zero-order valence-electron chi connectivity index (χ0n) is 14.4. The molecule has 0 saturated heterocycles. The Morgan fingerprint density at radius 1 is 1.08 bits per heavy atom. The summed E-state index contributed by atoms with van der Waals surface area (Å²) < 4.78 is 7.45. The molecule has 1 aromatic heterocycles. The van der Waals surface area contributed by atoms with Gasteiger partial charge in [0, 0.05) is 17.4 Å². The minimum atomic E-state index is -0.796. The molecule has 0 aliphatic carbocycles. The molecular formula is C21H21NO3. The molecule has 0 saturated carbocycles. The standard InChI is InChI=1S/C21H21NO3/c1-15-6-8-16(9-7-15)20-12-10-17(11-13-21(23)24)22(20)18-4-3-5-19(14-18)25-2/h3-10,12,14H,11,13H2,1-2H3,(H,23,24). The Balaban J connectivity index is 2.11. The molecule has 0 fully saturated rings. The fourth-order valence-electron chi connectivity index (χ4n) is 2.91. The van der Waals surface area contributed by atoms with Gasteiger partial charge >= 0.3 is 5.97 Å². The number of aliphatic carboxylic acids is 1. The summed E-state index contributed by atoms with van der Waals surface area (Å²) in [4.78, 5) is 11.0. The highest BCUT2D eigenvalue weighted by atomic mass is 16.5. The van der Waals surface area contributed by atoms with Crippen molar-refractivity contribution >= 4 is 5.97 Å². The summed E-state index contributed by atoms with van der Waals surface area (Å²) in [7, 11) is 1.64. The van der Waals surface area contributed by atoms with E-state index in [4.69, 9.17) is 9.84 Å². The number of aryl methyl sites for hydroxylation is 2. The van der Waals surface area contributed by atoms with E-state index in [2.05, 4.69) is 35.8 Å². The number of carboxylic acid groups (broad SMARTS) is 1. The van der Waals surface area contributed by atoms with Gasteiger partial charge in [-0.3, -0.25) is 4.79 Å². The predicted molar refractivity (Wildman–Crippen MR) is 98.5 cm³/mol. The number of ether oxygens (including phenoxy) is 1. The third-order valence-electron chi connectivity index (χ3n) is 4.22. The van der Waals surface area contributed by atoms with Crippen LogP contribution in [0.1, 0.15) is 17.7 Å². The predicted octanol–water partition coefficient (Wildman–Crippen LogP) is 4.48. The lowest BCUT2D eigenvalue weighted by Gasteiger charge is -2.15. The largest absolute Gasteiger partial charge is 0.497 e. The minimum absolute atomic E-state index is 0.0985. The van der Waals surface area contributed by atoms with Crippen LogP contribution >= 0.6 is 0 Å². The Bertz CT molecular complexity index is 878. The Morgan fingerprint density at radius 3 is 2.52 bits per heavy atom. The van der Waals surface area contributed by atoms with Crippen molar-refractivity contribution < 1.29 is 14.6 Å². The first-order valence-corrected chi connectivity index (χ1v) is 8.22. The van der Waals surface area contributed by atoms with Gasteiger partial charge in [0.1, 0.15) is 5.75 Å². The molecule has 0 aliphatic heterocycles. The summed E-state index contributed by atoms with van der Waals surface area (Å²) in [5.41, 5.74) is 5.25. The maximum atomic E-state index is 11.0. The molecule has 3 aromatic rings. The zero-order valence-corrected chi connectivity index (χ0v) is 14.4. The third kappa shape index (κ3) is 3.74. The van der Waals surface area contributed by atoms with E-state index in [0.29, 0.717) is 6.42 Å². The second-order valence-electron chi connectivity index (χ2n) is 6.01. The van der Waals surface area contributed by atoms with Gasteiger partial charge in [-0.2, -0.15) is 0 Å². The molecule has 0 spiro atoms. The van der Waals surface area contributed by atoms with Gasteiger partial charge < -0.3 is 14.4 Å². The van der Waals surface area contributed by atoms with E-state index in [1.807, 2.05) is 36.4 Å². The van der Waals surface area contributed by atoms with Gasteiger partial charge in [-0.15, -0.1) is 0 Å². The number of rotatable bonds is 6. The average molecular weight is 335 g/mol. The smallest absolute Gasteiger partial charge is 0.303 e. The van der Waals surface area contributed by atoms with E-state index in [9.17, 15) is 4.79 Å². The van der Waals surface area contributed by atoms with Gasteiger partial charge in [0.25, 0.3) is 0 Å². The molecule has 128 valence electrons. The Hall–Kier alpha value is -3.01. The van der Waals surface area contributed by atoms with E-state index in [1.54, 1.807) is 7.11 Å². The lowest BCUT2D eigenvalue weighted by molar-refractivity contribution is -0.136. The summed E-state index contributed by atoms with van der Waals surface area (Å²) in [5, 5.41) is 9.04. The summed E-state index contributed by atoms with van der Waals surface area (Å²) in [5.74, 6) is -0.0273. The Kier molecular flexibility index (Phi) is 4.89. The van der Waals surface area contributed by atoms with Crippen molar-refractivity contribution in [1.82, 2.24) is 4.57 Å². The van der Waals surface area contributed by atoms with Crippen LogP contribution in [-0.2, 0) is 11.2 Å². The third-order valence-corrected chi connectivity index (χ3v) is 4.22. The van der Waals surface area contributed by atoms with Crippen molar-refractivity contribution in [3.8, 4) is 22.7 Å². The first kappa shape index (κ1) is 16.8. The fraction of sp³-hybridized carbons (Fsp3) is 0.190. The molecule has 4 heteroatoms. The van der Waals surface area contributed by atoms with Crippen LogP contribution in [0.25, 0.3) is 16.9 Å². The van der Waals surface area contributed by atoms with E-state index in [0.717, 1.165) is 28.4 Å². The average Bonchev–Trinajstić information content (AvgIpc) is 3.04. The van der Waals surface area contributed by atoms with E-state index < -0.39 is 5.97 Å². The molecule has 25 heavy (non-hydrogen) atoms. The highest BCUT2D eigenvalue weighted by Gasteiger charge is 2.13. The molecular weight excluding hydrogens is 314 g/mol. The minimum Gasteiger partial charge on any atom is -0.497 e. The van der Waals surface area contributed by atoms with Crippen molar-refractivity contribution in [2.45, 2.75) is 19.8 Å². The summed E-state index contributed by atoms with van der Waals surface area (Å²) in [6, 6.07) is 20.2. The molecule has 1 heterocycles. The van der Waals surface area contributed by atoms with Crippen LogP contribution in [0.2, 0.25) is 0 Å². The van der Waals surface area contributed by atoms with Gasteiger partial charge in [-0.25, -0.2) is 0 Å². The second-order valence-corrected chi connectivity index (χ2v) is 6.01. The molecule has 3 rings (SSSR count). The monoisotopic (exact) mass is 335 g/mol. The number of methoxy groups -OCH3 is 1. The SMILES string of the molecule is COc1cccc(-n2c(CCC(=O)O)ccc2-c2ccc(C)cc2)c1. The molecule has 0 aliphatic rings. The molecule has 0 atom stereocenters. The molecule has 0 amide bonds. The number of carbonyl (C=O) groups is 1. The van der Waals surface area contributed by atoms with Gasteiger partial charge in [-0.1, -0.05) is 35.9 Å². The fourth-order valence-corrected chi connectivity index (χ4v) is 2.91. The van der Waals surface area contributed by atoms with Crippen LogP contribution < -0.4 is 4.74 Å². The summed E-state index contributed by atoms with van der Waals surface area (Å²) >= 11 is 0. The lowest BCUT2D eigenvalue weighted by Crippen LogP contribution is -2.05. The normalized spacial score (nSPS) is 10.6. The number of hydrogen-bond acceptors (Lipinski definition) is 2. The summed E-state index contributed by atoms with van der Waals surface area (Å²) in [6.45, 7) is 2.06. The van der Waals surface area contributed by atoms with Gasteiger partial charge in [0.15, 0.2) is 0 Å². The van der Waals surface area contributed by atoms with Crippen molar-refractivity contribution in [1.29, 1.82) is 0 Å². The Labute approximate surface area is 147 Å². The van der Waals surface area contributed by atoms with Crippen molar-refractivity contribution in [3.05, 3.63) is 71.9 Å². The number of aromatic nitrogens is 1. The Morgan fingerprint density at radius 2 is 1.84 bits per heavy atom. The molecule has 4 nitrogen and oxygen atoms in total. The maximum absolute atomic E-state index is 11.0. The van der Waals surface area contributed by atoms with Crippen LogP contribution in [0.3, 0.4) is 0 Å². The van der Waals surface area contributed by atoms with Crippen LogP contribution in [0.15, 0.2) is 60.7 Å². The van der Waals surface area contributed by atoms with E-state index in [-0.39, 0.29) is 6.42 Å². The quantitative estimate of drug-likeness (QED) is 0.722. The van der Waals surface area contributed by atoms with Crippen LogP contribution in [0, 0.1) is 6.92 Å². The van der Waals surface area contributed by atoms with Gasteiger partial charge in [-0.05, 0) is 43.2 Å². The van der Waals surface area contributed by atoms with Gasteiger partial charge in [0.05, 0.1) is 19.2 Å². The topological polar surface area (TPSA) is 51.5 Å². The number of nitrogens with zero attached hydrogens (tertiary/aromatic N) is 1. The van der Waals surface area contributed by atoms with Crippen LogP contribution in [-0.4, -0.2) is 22.8 Å². The first-order valence-electron chi connectivity index (χ1n) is 8.22. The van der Waals surface area contributed by atoms with Crippen molar-refractivity contribution in [3.63, 3.8) is 0 Å². The van der Waals surface area contributed by atoms with Crippen LogP contribution in [0.4, 0.5) is 0 Å². The lowest BCUT2D eigenvalue weighted by atomic mass is 10.1. The van der Waals surface area contributed by atoms with Gasteiger partial charge in [0.2, 0.25) is 0 Å². The molecule has 0 unspecified atom stereocenters. The number of carboxylic acids is 1. The number of benzene rings is 2. The zero-order chi connectivity index (χ0) is 17.8. The highest BCUT2D eigenvalue weighted by molar-refractivity contribution is 5.68. The van der Waals surface area contributed by atoms with E-state index in [1.165, 1.54) is 5.56 Å². The first-order chi connectivity index (χ1) is 12.1. The maximum Gasteiger partial charge on any atom is 0.303 e. The molecule has 1 N–H and O–H groups in total. The molecule has 0 bridgehead atoms. The van der Waals surface area contributed by atoms with Crippen molar-refractivity contribution in [2.24, 2.45) is 0 Å². The number of hydrogen-bond donors (Lipinski definition) is 1. The second kappa shape index (κ2) is 7.26. The van der Waals surface area contributed by atoms with Crippen LogP contribution in [0.5, 0.6) is 5.75 Å².